The Morgan fingerprint density at radius 2 is 1.94 bits per heavy atom. The van der Waals surface area contributed by atoms with Gasteiger partial charge in [0.15, 0.2) is 0 Å². The van der Waals surface area contributed by atoms with Crippen LogP contribution in [-0.4, -0.2) is 37.1 Å². The van der Waals surface area contributed by atoms with E-state index in [2.05, 4.69) is 37.9 Å². The van der Waals surface area contributed by atoms with Crippen molar-refractivity contribution in [3.05, 3.63) is 0 Å². The maximum absolute atomic E-state index is 3.73. The van der Waals surface area contributed by atoms with Gasteiger partial charge in [-0.1, -0.05) is 34.1 Å². The molecule has 0 aliphatic heterocycles. The average molecular weight is 226 g/mol. The fourth-order valence-electron chi connectivity index (χ4n) is 2.84. The third kappa shape index (κ3) is 4.84. The van der Waals surface area contributed by atoms with E-state index in [0.29, 0.717) is 5.41 Å². The van der Waals surface area contributed by atoms with Crippen molar-refractivity contribution in [2.45, 2.75) is 59.4 Å². The van der Waals surface area contributed by atoms with Crippen LogP contribution in [0.4, 0.5) is 0 Å². The molecule has 1 unspecified atom stereocenters. The van der Waals surface area contributed by atoms with Gasteiger partial charge in [-0.05, 0) is 37.8 Å². The first kappa shape index (κ1) is 14.0. The normalized spacial score (nSPS) is 24.9. The number of hydrogen-bond acceptors (Lipinski definition) is 2. The van der Waals surface area contributed by atoms with E-state index in [1.54, 1.807) is 0 Å². The predicted octanol–water partition coefficient (Wildman–Crippen LogP) is 2.89. The number of likely N-dealkylation sites (N-methyl/N-ethyl adjacent to an activating group) is 1. The van der Waals surface area contributed by atoms with E-state index >= 15 is 0 Å². The fourth-order valence-corrected chi connectivity index (χ4v) is 2.84. The summed E-state index contributed by atoms with van der Waals surface area (Å²) in [5, 5.41) is 3.73. The summed E-state index contributed by atoms with van der Waals surface area (Å²) in [6.07, 6.45) is 5.53. The molecule has 1 aliphatic rings. The van der Waals surface area contributed by atoms with E-state index in [9.17, 15) is 0 Å². The van der Waals surface area contributed by atoms with Crippen LogP contribution in [0.2, 0.25) is 0 Å². The second kappa shape index (κ2) is 6.61. The molecule has 1 N–H and O–H groups in total. The second-order valence-corrected chi connectivity index (χ2v) is 5.94. The lowest BCUT2D eigenvalue weighted by atomic mass is 9.75. The second-order valence-electron chi connectivity index (χ2n) is 5.94. The van der Waals surface area contributed by atoms with Gasteiger partial charge >= 0.3 is 0 Å². The van der Waals surface area contributed by atoms with Crippen LogP contribution < -0.4 is 5.32 Å². The van der Waals surface area contributed by atoms with Crippen molar-refractivity contribution in [3.63, 3.8) is 0 Å². The molecule has 0 heterocycles. The molecule has 0 radical (unpaired) electrons. The summed E-state index contributed by atoms with van der Waals surface area (Å²) in [4.78, 5) is 2.49. The zero-order valence-electron chi connectivity index (χ0n) is 11.7. The van der Waals surface area contributed by atoms with Gasteiger partial charge in [-0.25, -0.2) is 0 Å². The van der Waals surface area contributed by atoms with Crippen molar-refractivity contribution in [2.75, 3.05) is 26.2 Å². The number of nitrogens with one attached hydrogen (secondary N) is 1. The highest BCUT2D eigenvalue weighted by Gasteiger charge is 2.27. The molecule has 1 aliphatic carbocycles. The summed E-state index contributed by atoms with van der Waals surface area (Å²) >= 11 is 0. The molecule has 0 bridgehead atoms. The third-order valence-corrected chi connectivity index (χ3v) is 3.96. The van der Waals surface area contributed by atoms with Gasteiger partial charge in [0.1, 0.15) is 0 Å². The van der Waals surface area contributed by atoms with E-state index in [1.807, 2.05) is 0 Å². The molecule has 16 heavy (non-hydrogen) atoms. The molecule has 1 atom stereocenters. The lowest BCUT2D eigenvalue weighted by Gasteiger charge is -2.36. The fraction of sp³-hybridized carbons (Fsp3) is 1.00. The minimum atomic E-state index is 0.561. The van der Waals surface area contributed by atoms with Crippen molar-refractivity contribution < 1.29 is 0 Å². The maximum atomic E-state index is 3.73. The van der Waals surface area contributed by atoms with Crippen molar-refractivity contribution in [2.24, 2.45) is 5.41 Å². The van der Waals surface area contributed by atoms with Crippen LogP contribution in [0, 0.1) is 5.41 Å². The third-order valence-electron chi connectivity index (χ3n) is 3.96. The molecule has 96 valence electrons. The zero-order chi connectivity index (χ0) is 12.0. The Morgan fingerprint density at radius 1 is 1.25 bits per heavy atom. The van der Waals surface area contributed by atoms with Crippen LogP contribution in [0.25, 0.3) is 0 Å². The molecule has 1 fully saturated rings. The Kier molecular flexibility index (Phi) is 5.77. The van der Waals surface area contributed by atoms with Crippen LogP contribution in [-0.2, 0) is 0 Å². The van der Waals surface area contributed by atoms with Crippen molar-refractivity contribution >= 4 is 0 Å². The molecule has 1 saturated carbocycles. The summed E-state index contributed by atoms with van der Waals surface area (Å²) in [6.45, 7) is 14.0. The molecular weight excluding hydrogens is 196 g/mol. The Labute approximate surface area is 102 Å². The first-order valence-corrected chi connectivity index (χ1v) is 7.03. The van der Waals surface area contributed by atoms with Gasteiger partial charge in [0.05, 0.1) is 0 Å². The van der Waals surface area contributed by atoms with Gasteiger partial charge in [-0.3, -0.25) is 0 Å². The summed E-state index contributed by atoms with van der Waals surface area (Å²) in [7, 11) is 0. The average Bonchev–Trinajstić information content (AvgIpc) is 2.23. The quantitative estimate of drug-likeness (QED) is 0.749. The van der Waals surface area contributed by atoms with Gasteiger partial charge in [0.2, 0.25) is 0 Å². The van der Waals surface area contributed by atoms with E-state index < -0.39 is 0 Å². The van der Waals surface area contributed by atoms with Crippen molar-refractivity contribution in [1.82, 2.24) is 10.2 Å². The Bertz CT molecular complexity index is 185. The van der Waals surface area contributed by atoms with Crippen LogP contribution >= 0.6 is 0 Å². The molecule has 0 spiro atoms. The summed E-state index contributed by atoms with van der Waals surface area (Å²) in [5.41, 5.74) is 0.561. The van der Waals surface area contributed by atoms with Gasteiger partial charge in [0.25, 0.3) is 0 Å². The highest BCUT2D eigenvalue weighted by Crippen LogP contribution is 2.34. The molecule has 2 nitrogen and oxygen atoms in total. The minimum absolute atomic E-state index is 0.561. The van der Waals surface area contributed by atoms with E-state index in [4.69, 9.17) is 0 Å². The molecule has 0 aromatic carbocycles. The topological polar surface area (TPSA) is 15.3 Å². The number of hydrogen-bond donors (Lipinski definition) is 1. The lowest BCUT2D eigenvalue weighted by Crippen LogP contribution is -2.41. The van der Waals surface area contributed by atoms with Crippen LogP contribution in [0.3, 0.4) is 0 Å². The van der Waals surface area contributed by atoms with E-state index in [1.165, 1.54) is 45.3 Å². The highest BCUT2D eigenvalue weighted by atomic mass is 15.1. The van der Waals surface area contributed by atoms with Gasteiger partial charge in [0, 0.05) is 19.1 Å². The zero-order valence-corrected chi connectivity index (χ0v) is 11.7. The molecule has 0 saturated heterocycles. The van der Waals surface area contributed by atoms with E-state index in [0.717, 1.165) is 12.6 Å². The predicted molar refractivity (Wildman–Crippen MR) is 71.8 cm³/mol. The molecular formula is C14H30N2. The number of rotatable bonds is 6. The lowest BCUT2D eigenvalue weighted by molar-refractivity contribution is 0.193. The largest absolute Gasteiger partial charge is 0.313 e. The van der Waals surface area contributed by atoms with Gasteiger partial charge in [-0.2, -0.15) is 0 Å². The highest BCUT2D eigenvalue weighted by molar-refractivity contribution is 4.83. The van der Waals surface area contributed by atoms with Gasteiger partial charge in [-0.15, -0.1) is 0 Å². The molecule has 0 aromatic rings. The monoisotopic (exact) mass is 226 g/mol. The standard InChI is InChI=1S/C14H30N2/c1-5-16(6-2)11-10-15-13-8-7-9-14(3,4)12-13/h13,15H,5-12H2,1-4H3. The summed E-state index contributed by atoms with van der Waals surface area (Å²) in [6, 6.07) is 0.763. The first-order valence-electron chi connectivity index (χ1n) is 7.03. The van der Waals surface area contributed by atoms with Crippen LogP contribution in [0.1, 0.15) is 53.4 Å². The maximum Gasteiger partial charge on any atom is 0.0107 e. The first-order chi connectivity index (χ1) is 7.57. The Balaban J connectivity index is 2.17. The Morgan fingerprint density at radius 3 is 2.50 bits per heavy atom. The van der Waals surface area contributed by atoms with E-state index in [-0.39, 0.29) is 0 Å². The molecule has 0 amide bonds. The molecule has 1 rings (SSSR count). The van der Waals surface area contributed by atoms with Crippen molar-refractivity contribution in [1.29, 1.82) is 0 Å². The smallest absolute Gasteiger partial charge is 0.0107 e. The van der Waals surface area contributed by atoms with Gasteiger partial charge < -0.3 is 10.2 Å². The SMILES string of the molecule is CCN(CC)CCNC1CCCC(C)(C)C1. The summed E-state index contributed by atoms with van der Waals surface area (Å²) in [5.74, 6) is 0. The Hall–Kier alpha value is -0.0800. The minimum Gasteiger partial charge on any atom is -0.313 e. The number of nitrogens with zero attached hydrogens (tertiary/aromatic N) is 1. The van der Waals surface area contributed by atoms with Crippen LogP contribution in [0.15, 0.2) is 0 Å². The van der Waals surface area contributed by atoms with Crippen LogP contribution in [0.5, 0.6) is 0 Å². The van der Waals surface area contributed by atoms with Crippen molar-refractivity contribution in [3.8, 4) is 0 Å². The molecule has 0 aromatic heterocycles. The summed E-state index contributed by atoms with van der Waals surface area (Å²) < 4.78 is 0. The molecule has 2 heteroatoms.